The van der Waals surface area contributed by atoms with Gasteiger partial charge in [0.05, 0.1) is 18.6 Å². The molecule has 0 aromatic carbocycles. The first-order valence-corrected chi connectivity index (χ1v) is 9.28. The van der Waals surface area contributed by atoms with E-state index in [0.29, 0.717) is 6.61 Å². The van der Waals surface area contributed by atoms with E-state index in [2.05, 4.69) is 33.9 Å². The van der Waals surface area contributed by atoms with Gasteiger partial charge in [0.15, 0.2) is 8.32 Å². The van der Waals surface area contributed by atoms with Crippen molar-refractivity contribution in [3.05, 3.63) is 0 Å². The molecule has 0 aromatic rings. The monoisotopic (exact) mass is 260 g/mol. The first-order valence-electron chi connectivity index (χ1n) is 6.37. The molecule has 0 amide bonds. The highest BCUT2D eigenvalue weighted by atomic mass is 28.4. The van der Waals surface area contributed by atoms with Gasteiger partial charge in [-0.25, -0.2) is 0 Å². The summed E-state index contributed by atoms with van der Waals surface area (Å²) in [5.41, 5.74) is 0. The number of ether oxygens (including phenoxy) is 1. The summed E-state index contributed by atoms with van der Waals surface area (Å²) in [6, 6.07) is 0. The van der Waals surface area contributed by atoms with Gasteiger partial charge in [-0.15, -0.1) is 0 Å². The summed E-state index contributed by atoms with van der Waals surface area (Å²) in [5.74, 6) is -0.372. The van der Waals surface area contributed by atoms with E-state index in [1.165, 1.54) is 0 Å². The number of carbonyl (C=O) groups excluding carboxylic acids is 1. The zero-order chi connectivity index (χ0) is 13.9. The largest absolute Gasteiger partial charge is 0.466 e. The number of rotatable bonds is 5. The molecule has 0 bridgehead atoms. The molecule has 0 radical (unpaired) electrons. The van der Waals surface area contributed by atoms with Gasteiger partial charge in [-0.1, -0.05) is 20.8 Å². The number of carbonyl (C=O) groups is 1. The smallest absolute Gasteiger partial charge is 0.311 e. The van der Waals surface area contributed by atoms with Gasteiger partial charge >= 0.3 is 5.97 Å². The minimum atomic E-state index is -1.81. The highest BCUT2D eigenvalue weighted by Gasteiger charge is 2.40. The minimum absolute atomic E-state index is 0.0880. The lowest BCUT2D eigenvalue weighted by Gasteiger charge is -2.39. The zero-order valence-corrected chi connectivity index (χ0v) is 13.6. The van der Waals surface area contributed by atoms with Gasteiger partial charge in [-0.3, -0.25) is 4.79 Å². The second kappa shape index (κ2) is 6.00. The molecule has 0 rings (SSSR count). The summed E-state index contributed by atoms with van der Waals surface area (Å²) in [4.78, 5) is 11.6. The quantitative estimate of drug-likeness (QED) is 0.560. The van der Waals surface area contributed by atoms with Crippen LogP contribution in [0.25, 0.3) is 0 Å². The van der Waals surface area contributed by atoms with E-state index in [1.807, 2.05) is 20.8 Å². The molecule has 0 unspecified atom stereocenters. The topological polar surface area (TPSA) is 35.5 Å². The molecule has 0 aliphatic heterocycles. The van der Waals surface area contributed by atoms with Crippen LogP contribution in [-0.2, 0) is 14.0 Å². The van der Waals surface area contributed by atoms with Crippen LogP contribution in [0.4, 0.5) is 0 Å². The van der Waals surface area contributed by atoms with Crippen molar-refractivity contribution in [2.24, 2.45) is 5.92 Å². The Bertz CT molecular complexity index is 256. The highest BCUT2D eigenvalue weighted by molar-refractivity contribution is 6.74. The summed E-state index contributed by atoms with van der Waals surface area (Å²) >= 11 is 0. The maximum atomic E-state index is 11.6. The predicted molar refractivity (Wildman–Crippen MR) is 73.5 cm³/mol. The van der Waals surface area contributed by atoms with Crippen molar-refractivity contribution in [2.75, 3.05) is 6.61 Å². The molecule has 3 nitrogen and oxygen atoms in total. The second-order valence-electron chi connectivity index (χ2n) is 6.12. The minimum Gasteiger partial charge on any atom is -0.466 e. The molecule has 0 saturated heterocycles. The molecule has 0 N–H and O–H groups in total. The zero-order valence-electron chi connectivity index (χ0n) is 12.6. The summed E-state index contributed by atoms with van der Waals surface area (Å²) < 4.78 is 11.2. The average molecular weight is 260 g/mol. The maximum absolute atomic E-state index is 11.6. The lowest BCUT2D eigenvalue weighted by atomic mass is 10.1. The fourth-order valence-corrected chi connectivity index (χ4v) is 2.70. The molecule has 4 heteroatoms. The van der Waals surface area contributed by atoms with Gasteiger partial charge in [0, 0.05) is 0 Å². The van der Waals surface area contributed by atoms with Gasteiger partial charge in [-0.05, 0) is 38.9 Å². The molecule has 2 atom stereocenters. The first kappa shape index (κ1) is 16.6. The molecular formula is C13H28O3Si. The lowest BCUT2D eigenvalue weighted by Crippen LogP contribution is -2.45. The van der Waals surface area contributed by atoms with Crippen molar-refractivity contribution in [3.8, 4) is 0 Å². The van der Waals surface area contributed by atoms with Crippen molar-refractivity contribution in [2.45, 2.75) is 65.8 Å². The normalized spacial score (nSPS) is 16.5. The fraction of sp³-hybridized carbons (Fsp3) is 0.923. The third-order valence-corrected chi connectivity index (χ3v) is 8.22. The van der Waals surface area contributed by atoms with Crippen LogP contribution in [0.5, 0.6) is 0 Å². The summed E-state index contributed by atoms with van der Waals surface area (Å²) in [5, 5.41) is 0.162. The van der Waals surface area contributed by atoms with E-state index in [0.717, 1.165) is 0 Å². The Kier molecular flexibility index (Phi) is 5.88. The fourth-order valence-electron chi connectivity index (χ4n) is 1.21. The molecule has 0 aliphatic rings. The van der Waals surface area contributed by atoms with Gasteiger partial charge < -0.3 is 9.16 Å². The average Bonchev–Trinajstić information content (AvgIpc) is 2.14. The Morgan fingerprint density at radius 1 is 1.24 bits per heavy atom. The standard InChI is InChI=1S/C13H28O3Si/c1-9-15-12(14)10(2)11(3)16-17(7,8)13(4,5)6/h10-11H,9H2,1-8H3/t10-,11-/m0/s1. The number of esters is 1. The molecule has 0 fully saturated rings. The van der Waals surface area contributed by atoms with E-state index in [9.17, 15) is 4.79 Å². The first-order chi connectivity index (χ1) is 7.53. The van der Waals surface area contributed by atoms with E-state index < -0.39 is 8.32 Å². The third-order valence-electron chi connectivity index (χ3n) is 3.65. The van der Waals surface area contributed by atoms with Crippen LogP contribution in [0.3, 0.4) is 0 Å². The summed E-state index contributed by atoms with van der Waals surface area (Å²) in [7, 11) is -1.81. The van der Waals surface area contributed by atoms with Gasteiger partial charge in [-0.2, -0.15) is 0 Å². The van der Waals surface area contributed by atoms with E-state index >= 15 is 0 Å². The Morgan fingerprint density at radius 2 is 1.71 bits per heavy atom. The molecule has 0 spiro atoms. The molecule has 0 aromatic heterocycles. The second-order valence-corrected chi connectivity index (χ2v) is 10.9. The van der Waals surface area contributed by atoms with Crippen molar-refractivity contribution < 1.29 is 14.0 Å². The van der Waals surface area contributed by atoms with Gasteiger partial charge in [0.2, 0.25) is 0 Å². The molecule has 17 heavy (non-hydrogen) atoms. The van der Waals surface area contributed by atoms with Crippen LogP contribution in [0.15, 0.2) is 0 Å². The van der Waals surface area contributed by atoms with Crippen molar-refractivity contribution >= 4 is 14.3 Å². The molecule has 0 heterocycles. The Morgan fingerprint density at radius 3 is 2.06 bits per heavy atom. The third kappa shape index (κ3) is 4.80. The lowest BCUT2D eigenvalue weighted by molar-refractivity contribution is -0.150. The highest BCUT2D eigenvalue weighted by Crippen LogP contribution is 2.38. The molecule has 0 saturated carbocycles. The van der Waals surface area contributed by atoms with Crippen LogP contribution in [0, 0.1) is 5.92 Å². The van der Waals surface area contributed by atoms with E-state index in [4.69, 9.17) is 9.16 Å². The van der Waals surface area contributed by atoms with Gasteiger partial charge in [0.1, 0.15) is 0 Å². The Balaban J connectivity index is 4.54. The summed E-state index contributed by atoms with van der Waals surface area (Å²) in [6.07, 6.45) is -0.0880. The summed E-state index contributed by atoms with van der Waals surface area (Å²) in [6.45, 7) is 17.1. The molecule has 0 aliphatic carbocycles. The molecular weight excluding hydrogens is 232 g/mol. The van der Waals surface area contributed by atoms with Gasteiger partial charge in [0.25, 0.3) is 0 Å². The van der Waals surface area contributed by atoms with E-state index in [-0.39, 0.29) is 23.0 Å². The Hall–Kier alpha value is -0.353. The van der Waals surface area contributed by atoms with Crippen molar-refractivity contribution in [1.29, 1.82) is 0 Å². The van der Waals surface area contributed by atoms with E-state index in [1.54, 1.807) is 0 Å². The van der Waals surface area contributed by atoms with Crippen LogP contribution in [0.1, 0.15) is 41.5 Å². The number of hydrogen-bond acceptors (Lipinski definition) is 3. The van der Waals surface area contributed by atoms with Crippen LogP contribution in [0.2, 0.25) is 18.1 Å². The number of hydrogen-bond donors (Lipinski definition) is 0. The van der Waals surface area contributed by atoms with Crippen LogP contribution < -0.4 is 0 Å². The van der Waals surface area contributed by atoms with Crippen molar-refractivity contribution in [1.82, 2.24) is 0 Å². The van der Waals surface area contributed by atoms with Crippen LogP contribution in [-0.4, -0.2) is 27.0 Å². The SMILES string of the molecule is CCOC(=O)[C@@H](C)[C@H](C)O[Si](C)(C)C(C)(C)C. The predicted octanol–water partition coefficient (Wildman–Crippen LogP) is 3.60. The van der Waals surface area contributed by atoms with Crippen LogP contribution >= 0.6 is 0 Å². The van der Waals surface area contributed by atoms with Crippen molar-refractivity contribution in [3.63, 3.8) is 0 Å². The molecule has 102 valence electrons. The maximum Gasteiger partial charge on any atom is 0.311 e. The Labute approximate surface area is 107 Å².